The van der Waals surface area contributed by atoms with Crippen molar-refractivity contribution >= 4 is 15.9 Å². The summed E-state index contributed by atoms with van der Waals surface area (Å²) in [5.74, 6) is 1.88. The lowest BCUT2D eigenvalue weighted by atomic mass is 10.3. The van der Waals surface area contributed by atoms with Crippen molar-refractivity contribution in [2.45, 2.75) is 0 Å². The molecule has 0 bridgehead atoms. The van der Waals surface area contributed by atoms with E-state index in [1.165, 1.54) is 6.33 Å². The van der Waals surface area contributed by atoms with Gasteiger partial charge in [-0.05, 0) is 28.1 Å². The molecule has 0 unspecified atom stereocenters. The van der Waals surface area contributed by atoms with Crippen LogP contribution in [0.1, 0.15) is 0 Å². The van der Waals surface area contributed by atoms with Crippen molar-refractivity contribution in [2.24, 2.45) is 0 Å². The molecule has 1 heterocycles. The van der Waals surface area contributed by atoms with E-state index < -0.39 is 0 Å². The van der Waals surface area contributed by atoms with Gasteiger partial charge in [-0.3, -0.25) is 0 Å². The minimum absolute atomic E-state index is 0.475. The number of ether oxygens (including phenoxy) is 2. The number of methoxy groups -OCH3 is 1. The maximum Gasteiger partial charge on any atom is 0.236 e. The average Bonchev–Trinajstić information content (AvgIpc) is 2.32. The molecule has 1 aromatic heterocycles. The van der Waals surface area contributed by atoms with Crippen molar-refractivity contribution in [1.82, 2.24) is 9.97 Å². The van der Waals surface area contributed by atoms with Crippen LogP contribution in [-0.2, 0) is 0 Å². The third-order valence-corrected chi connectivity index (χ3v) is 2.43. The van der Waals surface area contributed by atoms with Gasteiger partial charge in [-0.1, -0.05) is 6.07 Å². The Bertz CT molecular complexity index is 491. The van der Waals surface area contributed by atoms with Crippen LogP contribution in [0.5, 0.6) is 17.4 Å². The molecule has 0 spiro atoms. The SMILES string of the molecule is COc1cccc(Oc2ncncc2Br)c1. The molecular formula is C11H9BrN2O2. The Morgan fingerprint density at radius 1 is 1.25 bits per heavy atom. The second-order valence-electron chi connectivity index (χ2n) is 2.96. The number of hydrogen-bond donors (Lipinski definition) is 0. The van der Waals surface area contributed by atoms with Crippen LogP contribution in [0.2, 0.25) is 0 Å². The lowest BCUT2D eigenvalue weighted by Gasteiger charge is -2.06. The number of rotatable bonds is 3. The number of nitrogens with zero attached hydrogens (tertiary/aromatic N) is 2. The first-order valence-electron chi connectivity index (χ1n) is 4.57. The molecule has 0 saturated heterocycles. The van der Waals surface area contributed by atoms with Gasteiger partial charge < -0.3 is 9.47 Å². The van der Waals surface area contributed by atoms with Gasteiger partial charge in [-0.2, -0.15) is 0 Å². The largest absolute Gasteiger partial charge is 0.497 e. The molecule has 0 amide bonds. The second-order valence-corrected chi connectivity index (χ2v) is 3.81. The minimum atomic E-state index is 0.475. The normalized spacial score (nSPS) is 9.88. The van der Waals surface area contributed by atoms with E-state index in [0.29, 0.717) is 16.1 Å². The van der Waals surface area contributed by atoms with E-state index in [0.717, 1.165) is 5.75 Å². The smallest absolute Gasteiger partial charge is 0.236 e. The summed E-state index contributed by atoms with van der Waals surface area (Å²) >= 11 is 3.31. The van der Waals surface area contributed by atoms with E-state index in [1.807, 2.05) is 18.2 Å². The van der Waals surface area contributed by atoms with E-state index in [1.54, 1.807) is 19.4 Å². The summed E-state index contributed by atoms with van der Waals surface area (Å²) < 4.78 is 11.4. The third-order valence-electron chi connectivity index (χ3n) is 1.89. The summed E-state index contributed by atoms with van der Waals surface area (Å²) in [6, 6.07) is 7.32. The Hall–Kier alpha value is -1.62. The van der Waals surface area contributed by atoms with Crippen LogP contribution >= 0.6 is 15.9 Å². The summed E-state index contributed by atoms with van der Waals surface area (Å²) in [4.78, 5) is 7.87. The predicted octanol–water partition coefficient (Wildman–Crippen LogP) is 3.04. The molecule has 5 heteroatoms. The maximum absolute atomic E-state index is 5.57. The molecule has 0 N–H and O–H groups in total. The summed E-state index contributed by atoms with van der Waals surface area (Å²) in [6.45, 7) is 0. The Morgan fingerprint density at radius 3 is 2.81 bits per heavy atom. The molecule has 82 valence electrons. The van der Waals surface area contributed by atoms with Crippen LogP contribution in [0, 0.1) is 0 Å². The van der Waals surface area contributed by atoms with Crippen molar-refractivity contribution < 1.29 is 9.47 Å². The number of aromatic nitrogens is 2. The van der Waals surface area contributed by atoms with E-state index in [2.05, 4.69) is 25.9 Å². The fourth-order valence-corrected chi connectivity index (χ4v) is 1.45. The molecule has 4 nitrogen and oxygen atoms in total. The van der Waals surface area contributed by atoms with Crippen molar-refractivity contribution in [3.8, 4) is 17.4 Å². The lowest BCUT2D eigenvalue weighted by molar-refractivity contribution is 0.407. The molecule has 16 heavy (non-hydrogen) atoms. The van der Waals surface area contributed by atoms with E-state index >= 15 is 0 Å². The first-order valence-corrected chi connectivity index (χ1v) is 5.36. The molecule has 0 fully saturated rings. The highest BCUT2D eigenvalue weighted by atomic mass is 79.9. The molecular weight excluding hydrogens is 272 g/mol. The zero-order valence-corrected chi connectivity index (χ0v) is 10.1. The van der Waals surface area contributed by atoms with Gasteiger partial charge in [0, 0.05) is 12.3 Å². The van der Waals surface area contributed by atoms with Crippen molar-refractivity contribution in [3.63, 3.8) is 0 Å². The first kappa shape index (κ1) is 10.9. The fourth-order valence-electron chi connectivity index (χ4n) is 1.15. The molecule has 2 rings (SSSR count). The van der Waals surface area contributed by atoms with Crippen molar-refractivity contribution in [2.75, 3.05) is 7.11 Å². The third kappa shape index (κ3) is 2.49. The lowest BCUT2D eigenvalue weighted by Crippen LogP contribution is -1.90. The Balaban J connectivity index is 2.24. The summed E-state index contributed by atoms with van der Waals surface area (Å²) in [7, 11) is 1.61. The molecule has 2 aromatic rings. The van der Waals surface area contributed by atoms with Crippen LogP contribution in [0.4, 0.5) is 0 Å². The van der Waals surface area contributed by atoms with Crippen LogP contribution in [-0.4, -0.2) is 17.1 Å². The van der Waals surface area contributed by atoms with E-state index in [-0.39, 0.29) is 0 Å². The zero-order chi connectivity index (χ0) is 11.4. The number of benzene rings is 1. The molecule has 0 aliphatic heterocycles. The average molecular weight is 281 g/mol. The van der Waals surface area contributed by atoms with Gasteiger partial charge in [0.1, 0.15) is 17.8 Å². The van der Waals surface area contributed by atoms with E-state index in [9.17, 15) is 0 Å². The second kappa shape index (κ2) is 4.94. The standard InChI is InChI=1S/C11H9BrN2O2/c1-15-8-3-2-4-9(5-8)16-11-10(12)6-13-7-14-11/h2-7H,1H3. The van der Waals surface area contributed by atoms with Gasteiger partial charge in [0.05, 0.1) is 11.6 Å². The molecule has 0 radical (unpaired) electrons. The number of halogens is 1. The fraction of sp³-hybridized carbons (Fsp3) is 0.0909. The van der Waals surface area contributed by atoms with Gasteiger partial charge in [-0.15, -0.1) is 0 Å². The highest BCUT2D eigenvalue weighted by Crippen LogP contribution is 2.28. The minimum Gasteiger partial charge on any atom is -0.497 e. The highest BCUT2D eigenvalue weighted by Gasteiger charge is 2.04. The highest BCUT2D eigenvalue weighted by molar-refractivity contribution is 9.10. The van der Waals surface area contributed by atoms with Crippen LogP contribution in [0.25, 0.3) is 0 Å². The molecule has 0 saturated carbocycles. The molecule has 0 aliphatic carbocycles. The Labute approximate surface area is 101 Å². The molecule has 0 atom stereocenters. The van der Waals surface area contributed by atoms with Gasteiger partial charge in [0.25, 0.3) is 0 Å². The van der Waals surface area contributed by atoms with Crippen LogP contribution in [0.15, 0.2) is 41.3 Å². The topological polar surface area (TPSA) is 44.2 Å². The zero-order valence-electron chi connectivity index (χ0n) is 8.55. The molecule has 1 aromatic carbocycles. The quantitative estimate of drug-likeness (QED) is 0.867. The van der Waals surface area contributed by atoms with Crippen LogP contribution < -0.4 is 9.47 Å². The maximum atomic E-state index is 5.57. The van der Waals surface area contributed by atoms with Gasteiger partial charge in [0.2, 0.25) is 5.88 Å². The van der Waals surface area contributed by atoms with Gasteiger partial charge in [-0.25, -0.2) is 9.97 Å². The van der Waals surface area contributed by atoms with Gasteiger partial charge >= 0.3 is 0 Å². The first-order chi connectivity index (χ1) is 7.79. The predicted molar refractivity (Wildman–Crippen MR) is 62.8 cm³/mol. The van der Waals surface area contributed by atoms with Crippen LogP contribution in [0.3, 0.4) is 0 Å². The van der Waals surface area contributed by atoms with Crippen molar-refractivity contribution in [1.29, 1.82) is 0 Å². The van der Waals surface area contributed by atoms with Crippen molar-refractivity contribution in [3.05, 3.63) is 41.3 Å². The summed E-state index contributed by atoms with van der Waals surface area (Å²) in [5.41, 5.74) is 0. The van der Waals surface area contributed by atoms with E-state index in [4.69, 9.17) is 9.47 Å². The number of hydrogen-bond acceptors (Lipinski definition) is 4. The monoisotopic (exact) mass is 280 g/mol. The Kier molecular flexibility index (Phi) is 3.36. The summed E-state index contributed by atoms with van der Waals surface area (Å²) in [6.07, 6.45) is 3.06. The Morgan fingerprint density at radius 2 is 2.06 bits per heavy atom. The van der Waals surface area contributed by atoms with Gasteiger partial charge in [0.15, 0.2) is 0 Å². The molecule has 0 aliphatic rings. The summed E-state index contributed by atoms with van der Waals surface area (Å²) in [5, 5.41) is 0.